The molecular formula is C53H37N9. The third-order valence-electron chi connectivity index (χ3n) is 10.5. The van der Waals surface area contributed by atoms with Crippen LogP contribution in [0, 0.1) is 14.1 Å². The molecule has 1 aromatic carbocycles. The van der Waals surface area contributed by atoms with Crippen LogP contribution in [0.4, 0.5) is 0 Å². The lowest BCUT2D eigenvalue weighted by atomic mass is 9.91. The molecule has 294 valence electrons. The van der Waals surface area contributed by atoms with Gasteiger partial charge in [-0.05, 0) is 149 Å². The lowest BCUT2D eigenvalue weighted by molar-refractivity contribution is -0.601. The highest BCUT2D eigenvalue weighted by Crippen LogP contribution is 2.39. The van der Waals surface area contributed by atoms with Crippen molar-refractivity contribution in [1.29, 1.82) is 0 Å². The molecule has 62 heavy (non-hydrogen) atoms. The van der Waals surface area contributed by atoms with E-state index in [0.29, 0.717) is 0 Å². The number of nitrogens with zero attached hydrogens (tertiary/aromatic N) is 9. The van der Waals surface area contributed by atoms with Crippen molar-refractivity contribution in [1.82, 2.24) is 34.9 Å². The summed E-state index contributed by atoms with van der Waals surface area (Å²) in [6, 6.07) is 54.7. The fourth-order valence-corrected chi connectivity index (χ4v) is 7.48. The maximum atomic E-state index is 5.14. The quantitative estimate of drug-likeness (QED) is 0.106. The van der Waals surface area contributed by atoms with Crippen LogP contribution < -0.4 is 9.13 Å². The first kappa shape index (κ1) is 37.6. The number of pyridine rings is 9. The summed E-state index contributed by atoms with van der Waals surface area (Å²) in [6.07, 6.45) is 11.0. The Morgan fingerprint density at radius 1 is 0.274 bits per heavy atom. The second-order valence-electron chi connectivity index (χ2n) is 14.6. The van der Waals surface area contributed by atoms with Crippen molar-refractivity contribution in [3.05, 3.63) is 215 Å². The molecule has 9 aromatic heterocycles. The first-order chi connectivity index (χ1) is 30.5. The Bertz CT molecular complexity index is 2990. The lowest BCUT2D eigenvalue weighted by Gasteiger charge is -2.16. The highest BCUT2D eigenvalue weighted by Gasteiger charge is 2.18. The summed E-state index contributed by atoms with van der Waals surface area (Å²) in [6.45, 7) is 0. The van der Waals surface area contributed by atoms with Gasteiger partial charge in [0.25, 0.3) is 0 Å². The topological polar surface area (TPSA) is 98.0 Å². The van der Waals surface area contributed by atoms with E-state index in [1.54, 1.807) is 24.8 Å². The maximum absolute atomic E-state index is 5.14. The molecule has 0 N–H and O–H groups in total. The molecule has 0 aliphatic heterocycles. The van der Waals surface area contributed by atoms with Crippen molar-refractivity contribution in [2.24, 2.45) is 0 Å². The Labute approximate surface area is 359 Å². The van der Waals surface area contributed by atoms with Crippen LogP contribution in [-0.4, -0.2) is 34.9 Å². The zero-order valence-electron chi connectivity index (χ0n) is 33.5. The van der Waals surface area contributed by atoms with Gasteiger partial charge >= 0.3 is 0 Å². The molecule has 0 saturated heterocycles. The fraction of sp³-hybridized carbons (Fsp3) is 0. The Morgan fingerprint density at radius 3 is 0.839 bits per heavy atom. The smallest absolute Gasteiger partial charge is 0.130 e. The van der Waals surface area contributed by atoms with Crippen LogP contribution in [0.1, 0.15) is 0 Å². The van der Waals surface area contributed by atoms with Crippen molar-refractivity contribution in [3.63, 3.8) is 0 Å². The van der Waals surface area contributed by atoms with Crippen molar-refractivity contribution in [2.75, 3.05) is 0 Å². The molecule has 9 nitrogen and oxygen atoms in total. The van der Waals surface area contributed by atoms with E-state index in [1.165, 1.54) is 0 Å². The average molecular weight is 800 g/mol. The molecule has 0 atom stereocenters. The molecule has 0 spiro atoms. The summed E-state index contributed by atoms with van der Waals surface area (Å²) in [5.74, 6) is 0. The first-order valence-corrected chi connectivity index (χ1v) is 20.0. The van der Waals surface area contributed by atoms with Crippen LogP contribution in [0.25, 0.3) is 102 Å². The van der Waals surface area contributed by atoms with E-state index in [1.807, 2.05) is 131 Å². The SMILES string of the molecule is [CH2-][n+]1ccccc1-c1cc(-c2cc(-c3cc(-c4ccccn4)nc(-c4ccccn4)c3)cc(-c3cc(-c4ccccn4)nc(-c4cccc[n+]4[CH2-])c3)c2)cc(-c2ccccn2)n1. The molecule has 0 aliphatic carbocycles. The molecule has 0 amide bonds. The highest BCUT2D eigenvalue weighted by molar-refractivity contribution is 5.86. The Morgan fingerprint density at radius 2 is 0.548 bits per heavy atom. The van der Waals surface area contributed by atoms with Gasteiger partial charge in [-0.25, -0.2) is 4.98 Å². The number of benzene rings is 1. The largest absolute Gasteiger partial charge is 0.332 e. The summed E-state index contributed by atoms with van der Waals surface area (Å²) in [5, 5.41) is 0. The van der Waals surface area contributed by atoms with Crippen LogP contribution in [0.2, 0.25) is 0 Å². The molecule has 0 unspecified atom stereocenters. The van der Waals surface area contributed by atoms with Crippen molar-refractivity contribution in [3.8, 4) is 102 Å². The molecule has 0 bridgehead atoms. The van der Waals surface area contributed by atoms with Gasteiger partial charge in [-0.15, -0.1) is 0 Å². The predicted molar refractivity (Wildman–Crippen MR) is 242 cm³/mol. The van der Waals surface area contributed by atoms with Crippen molar-refractivity contribution in [2.45, 2.75) is 0 Å². The molecule has 0 aliphatic rings. The van der Waals surface area contributed by atoms with Gasteiger partial charge in [0, 0.05) is 38.9 Å². The van der Waals surface area contributed by atoms with Gasteiger partial charge in [0.15, 0.2) is 0 Å². The van der Waals surface area contributed by atoms with Crippen LogP contribution in [0.5, 0.6) is 0 Å². The first-order valence-electron chi connectivity index (χ1n) is 20.0. The van der Waals surface area contributed by atoms with E-state index in [2.05, 4.69) is 68.7 Å². The molecule has 0 fully saturated rings. The molecule has 10 aromatic rings. The predicted octanol–water partition coefficient (Wildman–Crippen LogP) is 10.3. The minimum atomic E-state index is 0.733. The van der Waals surface area contributed by atoms with E-state index in [4.69, 9.17) is 34.9 Å². The van der Waals surface area contributed by atoms with Crippen LogP contribution in [-0.2, 0) is 0 Å². The molecule has 0 saturated carbocycles. The highest BCUT2D eigenvalue weighted by atomic mass is 14.9. The number of rotatable bonds is 9. The normalized spacial score (nSPS) is 11.0. The minimum absolute atomic E-state index is 0.733. The monoisotopic (exact) mass is 799 g/mol. The zero-order chi connectivity index (χ0) is 41.8. The van der Waals surface area contributed by atoms with E-state index >= 15 is 0 Å². The maximum Gasteiger partial charge on any atom is 0.130 e. The summed E-state index contributed by atoms with van der Waals surface area (Å²) in [4.78, 5) is 34.2. The summed E-state index contributed by atoms with van der Waals surface area (Å²) < 4.78 is 3.67. The Hall–Kier alpha value is -8.69. The molecule has 9 heterocycles. The van der Waals surface area contributed by atoms with E-state index in [0.717, 1.165) is 102 Å². The van der Waals surface area contributed by atoms with Gasteiger partial charge in [-0.3, -0.25) is 29.9 Å². The van der Waals surface area contributed by atoms with Crippen LogP contribution in [0.15, 0.2) is 201 Å². The zero-order valence-corrected chi connectivity index (χ0v) is 33.5. The summed E-state index contributed by atoms with van der Waals surface area (Å²) >= 11 is 0. The minimum Gasteiger partial charge on any atom is -0.332 e. The molecule has 0 radical (unpaired) electrons. The summed E-state index contributed by atoms with van der Waals surface area (Å²) in [5.41, 5.74) is 14.9. The fourth-order valence-electron chi connectivity index (χ4n) is 7.48. The van der Waals surface area contributed by atoms with Gasteiger partial charge in [-0.2, -0.15) is 0 Å². The van der Waals surface area contributed by atoms with E-state index in [9.17, 15) is 0 Å². The standard InChI is InChI=1S/C53H37N9/c1-61-25-13-7-19-52(61)50-34-40(32-48(59-50)44-17-5-11-23-56-44)37-27-36(39-30-46(42-15-3-9-21-54-42)58-47(31-39)43-16-4-10-22-55-43)28-38(29-37)41-33-49(45-18-6-12-24-57-45)60-51(35-41)53-20-8-14-26-62(53)2/h3-35H,1-2H2. The van der Waals surface area contributed by atoms with E-state index < -0.39 is 0 Å². The third-order valence-corrected chi connectivity index (χ3v) is 10.5. The second kappa shape index (κ2) is 16.5. The number of hydrogen-bond acceptors (Lipinski definition) is 7. The third kappa shape index (κ3) is 7.77. The molecule has 10 rings (SSSR count). The second-order valence-corrected chi connectivity index (χ2v) is 14.6. The number of hydrogen-bond donors (Lipinski definition) is 0. The van der Waals surface area contributed by atoms with Gasteiger partial charge in [0.1, 0.15) is 11.4 Å². The van der Waals surface area contributed by atoms with Gasteiger partial charge in [0.2, 0.25) is 0 Å². The number of aromatic nitrogens is 9. The molecule has 9 heteroatoms. The van der Waals surface area contributed by atoms with Crippen molar-refractivity contribution < 1.29 is 9.13 Å². The van der Waals surface area contributed by atoms with Crippen LogP contribution in [0.3, 0.4) is 0 Å². The van der Waals surface area contributed by atoms with Gasteiger partial charge < -0.3 is 9.13 Å². The van der Waals surface area contributed by atoms with E-state index in [-0.39, 0.29) is 0 Å². The molecular weight excluding hydrogens is 763 g/mol. The average Bonchev–Trinajstić information content (AvgIpc) is 3.35. The van der Waals surface area contributed by atoms with Crippen LogP contribution >= 0.6 is 0 Å². The summed E-state index contributed by atoms with van der Waals surface area (Å²) in [7, 11) is 8.55. The Kier molecular flexibility index (Phi) is 10.0. The van der Waals surface area contributed by atoms with Gasteiger partial charge in [0.05, 0.1) is 69.3 Å². The van der Waals surface area contributed by atoms with Crippen molar-refractivity contribution >= 4 is 0 Å². The Balaban J connectivity index is 1.25. The lowest BCUT2D eigenvalue weighted by Crippen LogP contribution is -2.27. The van der Waals surface area contributed by atoms with Gasteiger partial charge in [-0.1, -0.05) is 48.5 Å².